The molecule has 0 spiro atoms. The maximum absolute atomic E-state index is 12.2. The number of fused-ring (bicyclic) bond motifs is 1. The minimum Gasteiger partial charge on any atom is -0.496 e. The molecule has 3 N–H and O–H groups in total. The van der Waals surface area contributed by atoms with Crippen molar-refractivity contribution in [3.8, 4) is 17.0 Å². The van der Waals surface area contributed by atoms with Crippen LogP contribution in [0.25, 0.3) is 11.3 Å². The van der Waals surface area contributed by atoms with Gasteiger partial charge in [-0.3, -0.25) is 19.6 Å². The third-order valence-electron chi connectivity index (χ3n) is 5.24. The highest BCUT2D eigenvalue weighted by Crippen LogP contribution is 2.29. The number of nitrogens with zero attached hydrogens (tertiary/aromatic N) is 2. The van der Waals surface area contributed by atoms with Gasteiger partial charge < -0.3 is 10.1 Å². The second-order valence-corrected chi connectivity index (χ2v) is 9.21. The van der Waals surface area contributed by atoms with Crippen LogP contribution in [-0.2, 0) is 14.8 Å². The molecule has 0 saturated carbocycles. The molecule has 0 atom stereocenters. The lowest BCUT2D eigenvalue weighted by Gasteiger charge is -2.05. The first-order valence-corrected chi connectivity index (χ1v) is 12.1. The first kappa shape index (κ1) is 22.5. The summed E-state index contributed by atoms with van der Waals surface area (Å²) < 4.78 is 32.0. The average Bonchev–Trinajstić information content (AvgIpc) is 3.38. The molecular formula is C23H25N5O4S. The van der Waals surface area contributed by atoms with Crippen LogP contribution < -0.4 is 14.8 Å². The Morgan fingerprint density at radius 1 is 1.06 bits per heavy atom. The van der Waals surface area contributed by atoms with Crippen LogP contribution in [0.15, 0.2) is 64.5 Å². The topological polar surface area (TPSA) is 126 Å². The van der Waals surface area contributed by atoms with Gasteiger partial charge in [0, 0.05) is 30.2 Å². The molecule has 1 aliphatic heterocycles. The summed E-state index contributed by atoms with van der Waals surface area (Å²) >= 11 is 0. The van der Waals surface area contributed by atoms with Gasteiger partial charge in [-0.1, -0.05) is 30.7 Å². The summed E-state index contributed by atoms with van der Waals surface area (Å²) in [6, 6.07) is 16.1. The number of carbonyl (C=O) groups is 1. The van der Waals surface area contributed by atoms with E-state index in [9.17, 15) is 13.2 Å². The molecule has 0 unspecified atom stereocenters. The van der Waals surface area contributed by atoms with E-state index in [1.807, 2.05) is 24.3 Å². The fraction of sp³-hybridized carbons (Fsp3) is 0.261. The number of aromatic amines is 1. The van der Waals surface area contributed by atoms with Gasteiger partial charge in [0.1, 0.15) is 11.6 Å². The summed E-state index contributed by atoms with van der Waals surface area (Å²) in [7, 11) is -1.91. The molecule has 33 heavy (non-hydrogen) atoms. The Labute approximate surface area is 192 Å². The number of rotatable bonds is 9. The predicted molar refractivity (Wildman–Crippen MR) is 126 cm³/mol. The smallest absolute Gasteiger partial charge is 0.263 e. The fourth-order valence-electron chi connectivity index (χ4n) is 3.61. The van der Waals surface area contributed by atoms with Gasteiger partial charge in [-0.25, -0.2) is 8.42 Å². The number of aromatic nitrogens is 2. The van der Waals surface area contributed by atoms with E-state index in [0.717, 1.165) is 29.8 Å². The van der Waals surface area contributed by atoms with E-state index in [4.69, 9.17) is 4.74 Å². The van der Waals surface area contributed by atoms with Crippen molar-refractivity contribution in [2.45, 2.75) is 30.6 Å². The second-order valence-electron chi connectivity index (χ2n) is 7.56. The van der Waals surface area contributed by atoms with Crippen LogP contribution >= 0.6 is 0 Å². The number of amidine groups is 1. The van der Waals surface area contributed by atoms with Crippen molar-refractivity contribution < 1.29 is 17.9 Å². The highest BCUT2D eigenvalue weighted by Gasteiger charge is 2.29. The van der Waals surface area contributed by atoms with Crippen LogP contribution in [0.1, 0.15) is 31.2 Å². The molecule has 0 bridgehead atoms. The monoisotopic (exact) mass is 467 g/mol. The summed E-state index contributed by atoms with van der Waals surface area (Å²) in [5.41, 5.74) is 2.22. The van der Waals surface area contributed by atoms with E-state index in [2.05, 4.69) is 25.2 Å². The highest BCUT2D eigenvalue weighted by atomic mass is 32.2. The molecule has 1 aliphatic rings. The number of anilines is 1. The number of sulfonamides is 1. The Kier molecular flexibility index (Phi) is 6.74. The van der Waals surface area contributed by atoms with Crippen LogP contribution in [0.5, 0.6) is 5.75 Å². The van der Waals surface area contributed by atoms with Crippen molar-refractivity contribution in [3.05, 3.63) is 60.2 Å². The zero-order valence-electron chi connectivity index (χ0n) is 18.2. The zero-order chi connectivity index (χ0) is 23.3. The Morgan fingerprint density at radius 3 is 2.64 bits per heavy atom. The maximum Gasteiger partial charge on any atom is 0.263 e. The number of hydrogen-bond donors (Lipinski definition) is 3. The number of methoxy groups -OCH3 is 1. The van der Waals surface area contributed by atoms with Gasteiger partial charge in [0.2, 0.25) is 5.91 Å². The van der Waals surface area contributed by atoms with Crippen LogP contribution in [0.3, 0.4) is 0 Å². The molecule has 3 aromatic rings. The van der Waals surface area contributed by atoms with Crippen molar-refractivity contribution in [1.29, 1.82) is 0 Å². The molecule has 172 valence electrons. The van der Waals surface area contributed by atoms with Crippen LogP contribution in [0.4, 0.5) is 5.82 Å². The van der Waals surface area contributed by atoms with E-state index >= 15 is 0 Å². The lowest BCUT2D eigenvalue weighted by molar-refractivity contribution is -0.116. The first-order valence-electron chi connectivity index (χ1n) is 10.6. The van der Waals surface area contributed by atoms with Gasteiger partial charge in [0.15, 0.2) is 5.82 Å². The molecule has 0 aliphatic carbocycles. The largest absolute Gasteiger partial charge is 0.496 e. The molecule has 9 nitrogen and oxygen atoms in total. The summed E-state index contributed by atoms with van der Waals surface area (Å²) in [5, 5.41) is 9.87. The van der Waals surface area contributed by atoms with Crippen molar-refractivity contribution in [3.63, 3.8) is 0 Å². The lowest BCUT2D eigenvalue weighted by atomic mass is 10.1. The molecule has 2 heterocycles. The van der Waals surface area contributed by atoms with E-state index in [1.165, 1.54) is 0 Å². The highest BCUT2D eigenvalue weighted by molar-refractivity contribution is 7.90. The molecule has 0 radical (unpaired) electrons. The van der Waals surface area contributed by atoms with E-state index in [1.54, 1.807) is 37.4 Å². The number of benzene rings is 2. The number of ether oxygens (including phenoxy) is 1. The number of unbranched alkanes of at least 4 members (excludes halogenated alkanes) is 2. The molecule has 4 rings (SSSR count). The van der Waals surface area contributed by atoms with Gasteiger partial charge in [0.05, 0.1) is 17.7 Å². The van der Waals surface area contributed by atoms with Gasteiger partial charge in [-0.15, -0.1) is 0 Å². The van der Waals surface area contributed by atoms with Crippen LogP contribution in [-0.4, -0.2) is 44.0 Å². The van der Waals surface area contributed by atoms with Gasteiger partial charge in [0.25, 0.3) is 10.0 Å². The molecule has 0 saturated heterocycles. The first-order chi connectivity index (χ1) is 16.0. The Balaban J connectivity index is 1.21. The molecule has 1 aromatic heterocycles. The number of nitrogens with one attached hydrogen (secondary N) is 3. The summed E-state index contributed by atoms with van der Waals surface area (Å²) in [5.74, 6) is 1.44. The average molecular weight is 468 g/mol. The van der Waals surface area contributed by atoms with Gasteiger partial charge in [-0.2, -0.15) is 5.10 Å². The summed E-state index contributed by atoms with van der Waals surface area (Å²) in [6.07, 6.45) is 2.61. The third-order valence-corrected chi connectivity index (χ3v) is 6.63. The molecule has 1 amide bonds. The molecule has 0 fully saturated rings. The fourth-order valence-corrected chi connectivity index (χ4v) is 4.86. The number of H-pyrrole nitrogens is 1. The minimum absolute atomic E-state index is 0.114. The SMILES string of the molecule is COc1ccccc1-c1cc(NC(=O)CCCCCN=C2NS(=O)(=O)c3ccccc32)n[nH]1. The second kappa shape index (κ2) is 9.86. The summed E-state index contributed by atoms with van der Waals surface area (Å²) in [6.45, 7) is 0.482. The molecule has 10 heteroatoms. The van der Waals surface area contributed by atoms with E-state index in [0.29, 0.717) is 36.6 Å². The predicted octanol–water partition coefficient (Wildman–Crippen LogP) is 3.32. The van der Waals surface area contributed by atoms with Crippen molar-refractivity contribution in [1.82, 2.24) is 14.9 Å². The van der Waals surface area contributed by atoms with Crippen molar-refractivity contribution in [2.24, 2.45) is 4.99 Å². The Bertz CT molecular complexity index is 1280. The molecular weight excluding hydrogens is 442 g/mol. The van der Waals surface area contributed by atoms with E-state index in [-0.39, 0.29) is 10.8 Å². The molecule has 2 aromatic carbocycles. The number of para-hydroxylation sites is 1. The van der Waals surface area contributed by atoms with E-state index < -0.39 is 10.0 Å². The normalized spacial score (nSPS) is 15.1. The lowest BCUT2D eigenvalue weighted by Crippen LogP contribution is -2.22. The summed E-state index contributed by atoms with van der Waals surface area (Å²) in [4.78, 5) is 16.9. The number of hydrogen-bond acceptors (Lipinski definition) is 6. The Hall–Kier alpha value is -3.66. The number of aliphatic imine (C=N–C) groups is 1. The third kappa shape index (κ3) is 5.23. The quantitative estimate of drug-likeness (QED) is 0.416. The zero-order valence-corrected chi connectivity index (χ0v) is 19.0. The van der Waals surface area contributed by atoms with Crippen molar-refractivity contribution >= 4 is 27.6 Å². The van der Waals surface area contributed by atoms with Crippen LogP contribution in [0.2, 0.25) is 0 Å². The number of amides is 1. The van der Waals surface area contributed by atoms with Gasteiger partial charge >= 0.3 is 0 Å². The number of carbonyl (C=O) groups excluding carboxylic acids is 1. The minimum atomic E-state index is -3.51. The Morgan fingerprint density at radius 2 is 1.82 bits per heavy atom. The van der Waals surface area contributed by atoms with Gasteiger partial charge in [-0.05, 0) is 37.1 Å². The van der Waals surface area contributed by atoms with Crippen molar-refractivity contribution in [2.75, 3.05) is 19.0 Å². The standard InChI is InChI=1S/C23H25N5O4S/c1-32-19-11-6-4-9-16(19)18-15-21(27-26-18)25-22(29)13-3-2-8-14-24-23-17-10-5-7-12-20(17)33(30,31)28-23/h4-7,9-12,15H,2-3,8,13-14H2,1H3,(H,24,28)(H2,25,26,27,29). The van der Waals surface area contributed by atoms with Crippen LogP contribution in [0, 0.1) is 0 Å². The maximum atomic E-state index is 12.2.